The number of aliphatic imine (C=N–C) groups is 1. The summed E-state index contributed by atoms with van der Waals surface area (Å²) in [6, 6.07) is 0.566. The predicted molar refractivity (Wildman–Crippen MR) is 67.2 cm³/mol. The molecule has 0 aliphatic heterocycles. The van der Waals surface area contributed by atoms with Crippen LogP contribution in [0, 0.1) is 0 Å². The Morgan fingerprint density at radius 3 is 2.81 bits per heavy atom. The van der Waals surface area contributed by atoms with Gasteiger partial charge >= 0.3 is 0 Å². The van der Waals surface area contributed by atoms with Gasteiger partial charge in [0.05, 0.1) is 7.11 Å². The number of hydrogen-bond acceptors (Lipinski definition) is 4. The predicted octanol–water partition coefficient (Wildman–Crippen LogP) is 1.99. The number of nitrogens with one attached hydrogen (secondary N) is 2. The molecule has 4 nitrogen and oxygen atoms in total. The summed E-state index contributed by atoms with van der Waals surface area (Å²) in [5, 5.41) is 6.57. The lowest BCUT2D eigenvalue weighted by atomic mass is 10.2. The Morgan fingerprint density at radius 2 is 2.25 bits per heavy atom. The molecule has 0 aromatic heterocycles. The molecule has 0 saturated heterocycles. The molecule has 1 fully saturated rings. The van der Waals surface area contributed by atoms with Crippen LogP contribution < -0.4 is 10.6 Å². The van der Waals surface area contributed by atoms with E-state index in [9.17, 15) is 0 Å². The summed E-state index contributed by atoms with van der Waals surface area (Å²) in [4.78, 5) is 4.41. The lowest BCUT2D eigenvalue weighted by Crippen LogP contribution is -2.45. The molecule has 92 valence electrons. The molecule has 1 aliphatic carbocycles. The monoisotopic (exact) mass is 225 g/mol. The van der Waals surface area contributed by atoms with Gasteiger partial charge in [-0.15, -0.1) is 0 Å². The summed E-state index contributed by atoms with van der Waals surface area (Å²) in [5.74, 6) is 0.545. The van der Waals surface area contributed by atoms with E-state index >= 15 is 0 Å². The van der Waals surface area contributed by atoms with Crippen LogP contribution in [0.25, 0.3) is 0 Å². The maximum Gasteiger partial charge on any atom is 0.181 e. The summed E-state index contributed by atoms with van der Waals surface area (Å²) in [5.41, 5.74) is 0. The van der Waals surface area contributed by atoms with Crippen molar-refractivity contribution in [3.8, 4) is 0 Å². The van der Waals surface area contributed by atoms with E-state index < -0.39 is 0 Å². The third kappa shape index (κ3) is 4.66. The molecule has 0 radical (unpaired) electrons. The molecule has 2 N–H and O–H groups in total. The molecule has 0 aromatic carbocycles. The Hall–Kier alpha value is -1.03. The Balaban J connectivity index is 2.41. The molecule has 1 aliphatic rings. The fraction of sp³-hybridized carbons (Fsp3) is 0.750. The highest BCUT2D eigenvalue weighted by Crippen LogP contribution is 2.18. The molecular weight excluding hydrogens is 202 g/mol. The Labute approximate surface area is 98.2 Å². The minimum atomic E-state index is -0.115. The van der Waals surface area contributed by atoms with Crippen molar-refractivity contribution < 1.29 is 4.74 Å². The van der Waals surface area contributed by atoms with Crippen molar-refractivity contribution in [1.29, 1.82) is 0 Å². The summed E-state index contributed by atoms with van der Waals surface area (Å²) in [6.07, 6.45) is 7.82. The Bertz CT molecular complexity index is 234. The first kappa shape index (κ1) is 13.0. The minimum absolute atomic E-state index is 0.115. The smallest absolute Gasteiger partial charge is 0.181 e. The number of methoxy groups -OCH3 is 1. The van der Waals surface area contributed by atoms with Gasteiger partial charge in [-0.25, -0.2) is 0 Å². The highest BCUT2D eigenvalue weighted by molar-refractivity contribution is 5.56. The maximum absolute atomic E-state index is 5.01. The van der Waals surface area contributed by atoms with E-state index in [0.29, 0.717) is 11.9 Å². The second-order valence-corrected chi connectivity index (χ2v) is 4.06. The number of ether oxygens (including phenoxy) is 1. The molecule has 4 heteroatoms. The van der Waals surface area contributed by atoms with Gasteiger partial charge in [0.2, 0.25) is 0 Å². The first-order valence-electron chi connectivity index (χ1n) is 6.03. The standard InChI is InChI=1S/C12H23N3O/c1-4-9-13-12(14-10(2)16-3)15-11-7-5-6-8-11/h9,11-12,14-15H,2,4-8H2,1,3H3/b13-9+. The topological polar surface area (TPSA) is 45.7 Å². The number of rotatable bonds is 7. The van der Waals surface area contributed by atoms with Gasteiger partial charge in [0, 0.05) is 12.3 Å². The van der Waals surface area contributed by atoms with Crippen LogP contribution >= 0.6 is 0 Å². The fourth-order valence-electron chi connectivity index (χ4n) is 1.86. The number of hydrogen-bond donors (Lipinski definition) is 2. The average Bonchev–Trinajstić information content (AvgIpc) is 2.78. The maximum atomic E-state index is 5.01. The zero-order valence-corrected chi connectivity index (χ0v) is 10.3. The van der Waals surface area contributed by atoms with Crippen LogP contribution in [0.5, 0.6) is 0 Å². The van der Waals surface area contributed by atoms with Crippen molar-refractivity contribution in [3.05, 3.63) is 12.5 Å². The summed E-state index contributed by atoms with van der Waals surface area (Å²) in [7, 11) is 1.60. The molecule has 0 aromatic rings. The van der Waals surface area contributed by atoms with E-state index in [1.54, 1.807) is 7.11 Å². The zero-order chi connectivity index (χ0) is 11.8. The van der Waals surface area contributed by atoms with E-state index in [1.165, 1.54) is 25.7 Å². The Kier molecular flexibility index (Phi) is 5.93. The zero-order valence-electron chi connectivity index (χ0n) is 10.3. The molecule has 1 saturated carbocycles. The average molecular weight is 225 g/mol. The highest BCUT2D eigenvalue weighted by Gasteiger charge is 2.18. The van der Waals surface area contributed by atoms with Gasteiger partial charge in [-0.3, -0.25) is 10.3 Å². The van der Waals surface area contributed by atoms with Crippen molar-refractivity contribution in [3.63, 3.8) is 0 Å². The first-order valence-corrected chi connectivity index (χ1v) is 6.03. The van der Waals surface area contributed by atoms with Gasteiger partial charge in [-0.1, -0.05) is 19.8 Å². The minimum Gasteiger partial charge on any atom is -0.483 e. The molecule has 0 heterocycles. The highest BCUT2D eigenvalue weighted by atomic mass is 16.5. The van der Waals surface area contributed by atoms with Gasteiger partial charge in [0.15, 0.2) is 12.2 Å². The molecule has 1 rings (SSSR count). The first-order chi connectivity index (χ1) is 7.76. The summed E-state index contributed by atoms with van der Waals surface area (Å²) in [6.45, 7) is 5.82. The van der Waals surface area contributed by atoms with Crippen molar-refractivity contribution in [2.75, 3.05) is 7.11 Å². The SMILES string of the molecule is C=C(NC(/N=C/CC)NC1CCCC1)OC. The van der Waals surface area contributed by atoms with Gasteiger partial charge in [0.1, 0.15) is 0 Å². The van der Waals surface area contributed by atoms with Gasteiger partial charge in [-0.05, 0) is 25.8 Å². The van der Waals surface area contributed by atoms with Crippen LogP contribution in [-0.2, 0) is 4.74 Å². The third-order valence-electron chi connectivity index (χ3n) is 2.73. The second-order valence-electron chi connectivity index (χ2n) is 4.06. The van der Waals surface area contributed by atoms with Gasteiger partial charge < -0.3 is 10.1 Å². The molecule has 1 atom stereocenters. The molecular formula is C12H23N3O. The van der Waals surface area contributed by atoms with Crippen LogP contribution in [0.3, 0.4) is 0 Å². The van der Waals surface area contributed by atoms with Crippen LogP contribution in [0.15, 0.2) is 17.5 Å². The van der Waals surface area contributed by atoms with E-state index in [1.807, 2.05) is 6.21 Å². The van der Waals surface area contributed by atoms with Crippen molar-refractivity contribution in [2.45, 2.75) is 51.4 Å². The molecule has 0 bridgehead atoms. The van der Waals surface area contributed by atoms with Gasteiger partial charge in [0.25, 0.3) is 0 Å². The summed E-state index contributed by atoms with van der Waals surface area (Å²) < 4.78 is 5.01. The fourth-order valence-corrected chi connectivity index (χ4v) is 1.86. The largest absolute Gasteiger partial charge is 0.483 e. The summed E-state index contributed by atoms with van der Waals surface area (Å²) >= 11 is 0. The quantitative estimate of drug-likeness (QED) is 0.396. The van der Waals surface area contributed by atoms with E-state index in [4.69, 9.17) is 4.74 Å². The van der Waals surface area contributed by atoms with Crippen LogP contribution in [0.1, 0.15) is 39.0 Å². The lowest BCUT2D eigenvalue weighted by Gasteiger charge is -2.21. The van der Waals surface area contributed by atoms with Crippen LogP contribution in [-0.4, -0.2) is 25.7 Å². The number of nitrogens with zero attached hydrogens (tertiary/aromatic N) is 1. The van der Waals surface area contributed by atoms with E-state index in [0.717, 1.165) is 6.42 Å². The molecule has 16 heavy (non-hydrogen) atoms. The van der Waals surface area contributed by atoms with Crippen LogP contribution in [0.4, 0.5) is 0 Å². The third-order valence-corrected chi connectivity index (χ3v) is 2.73. The molecule has 0 spiro atoms. The van der Waals surface area contributed by atoms with Crippen molar-refractivity contribution in [1.82, 2.24) is 10.6 Å². The van der Waals surface area contributed by atoms with Crippen molar-refractivity contribution >= 4 is 6.21 Å². The lowest BCUT2D eigenvalue weighted by molar-refractivity contribution is 0.239. The van der Waals surface area contributed by atoms with Crippen molar-refractivity contribution in [2.24, 2.45) is 4.99 Å². The van der Waals surface area contributed by atoms with E-state index in [-0.39, 0.29) is 6.29 Å². The Morgan fingerprint density at radius 1 is 1.56 bits per heavy atom. The van der Waals surface area contributed by atoms with Crippen LogP contribution in [0.2, 0.25) is 0 Å². The molecule has 1 unspecified atom stereocenters. The van der Waals surface area contributed by atoms with E-state index in [2.05, 4.69) is 29.1 Å². The second kappa shape index (κ2) is 7.28. The molecule has 0 amide bonds. The normalized spacial score (nSPS) is 18.9. The van der Waals surface area contributed by atoms with Gasteiger partial charge in [-0.2, -0.15) is 0 Å².